The number of nitrogens with one attached hydrogen (secondary N) is 2. The van der Waals surface area contributed by atoms with Crippen molar-refractivity contribution in [3.8, 4) is 5.75 Å². The van der Waals surface area contributed by atoms with Gasteiger partial charge in [0.25, 0.3) is 0 Å². The monoisotopic (exact) mass is 479 g/mol. The maximum atomic E-state index is 13.2. The lowest BCUT2D eigenvalue weighted by Crippen LogP contribution is -2.50. The van der Waals surface area contributed by atoms with Crippen LogP contribution in [0.25, 0.3) is 0 Å². The van der Waals surface area contributed by atoms with E-state index in [2.05, 4.69) is 22.8 Å². The maximum Gasteiger partial charge on any atom is 0.321 e. The second kappa shape index (κ2) is 11.6. The highest BCUT2D eigenvalue weighted by molar-refractivity contribution is 5.90. The molecule has 2 fully saturated rings. The Morgan fingerprint density at radius 2 is 1.91 bits per heavy atom. The molecule has 2 aromatic carbocycles. The summed E-state index contributed by atoms with van der Waals surface area (Å²) in [5, 5.41) is 6.20. The molecule has 2 aliphatic rings. The standard InChI is InChI=1S/C28H37N3O4/c1-3-35-25-11-9-23(10-12-25)28(13-16-34-17-14-28)20-29-26(32)22-7-5-15-31(19-22)27(33)30-24-8-4-6-21(2)18-24/h4,6,8-12,18,22H,3,5,7,13-17,19-20H2,1-2H3,(H,29,32)(H,30,33). The van der Waals surface area contributed by atoms with Crippen LogP contribution in [-0.2, 0) is 14.9 Å². The summed E-state index contributed by atoms with van der Waals surface area (Å²) in [4.78, 5) is 27.8. The molecule has 3 amide bonds. The van der Waals surface area contributed by atoms with E-state index < -0.39 is 0 Å². The number of aryl methyl sites for hydroxylation is 1. The zero-order valence-corrected chi connectivity index (χ0v) is 20.8. The van der Waals surface area contributed by atoms with Crippen LogP contribution in [-0.4, -0.2) is 56.3 Å². The molecule has 2 heterocycles. The molecule has 1 unspecified atom stereocenters. The predicted octanol–water partition coefficient (Wildman–Crippen LogP) is 4.50. The lowest BCUT2D eigenvalue weighted by atomic mass is 9.74. The van der Waals surface area contributed by atoms with Crippen molar-refractivity contribution in [2.45, 2.75) is 44.9 Å². The van der Waals surface area contributed by atoms with E-state index in [0.29, 0.717) is 39.5 Å². The van der Waals surface area contributed by atoms with Gasteiger partial charge >= 0.3 is 6.03 Å². The second-order valence-electron chi connectivity index (χ2n) is 9.65. The average molecular weight is 480 g/mol. The Labute approximate surface area is 208 Å². The minimum atomic E-state index is -0.204. The van der Waals surface area contributed by atoms with E-state index in [1.807, 2.05) is 50.2 Å². The van der Waals surface area contributed by atoms with Gasteiger partial charge in [-0.15, -0.1) is 0 Å². The molecule has 188 valence electrons. The SMILES string of the molecule is CCOc1ccc(C2(CNC(=O)C3CCCN(C(=O)Nc4cccc(C)c4)C3)CCOCC2)cc1. The molecular formula is C28H37N3O4. The van der Waals surface area contributed by atoms with Gasteiger partial charge in [0.1, 0.15) is 5.75 Å². The summed E-state index contributed by atoms with van der Waals surface area (Å²) in [5.74, 6) is 0.674. The Hall–Kier alpha value is -3.06. The Morgan fingerprint density at radius 3 is 2.63 bits per heavy atom. The van der Waals surface area contributed by atoms with Gasteiger partial charge in [-0.25, -0.2) is 4.79 Å². The highest BCUT2D eigenvalue weighted by Crippen LogP contribution is 2.35. The summed E-state index contributed by atoms with van der Waals surface area (Å²) in [6.07, 6.45) is 3.32. The molecule has 7 nitrogen and oxygen atoms in total. The Kier molecular flexibility index (Phi) is 8.29. The van der Waals surface area contributed by atoms with Gasteiger partial charge in [0.05, 0.1) is 12.5 Å². The van der Waals surface area contributed by atoms with Crippen molar-refractivity contribution in [2.75, 3.05) is 44.8 Å². The number of urea groups is 1. The molecule has 35 heavy (non-hydrogen) atoms. The smallest absolute Gasteiger partial charge is 0.321 e. The number of anilines is 1. The summed E-state index contributed by atoms with van der Waals surface area (Å²) in [7, 11) is 0. The first kappa shape index (κ1) is 25.0. The van der Waals surface area contributed by atoms with E-state index in [-0.39, 0.29) is 23.3 Å². The van der Waals surface area contributed by atoms with Crippen LogP contribution < -0.4 is 15.4 Å². The number of rotatable bonds is 7. The second-order valence-corrected chi connectivity index (χ2v) is 9.65. The van der Waals surface area contributed by atoms with Crippen molar-refractivity contribution in [3.63, 3.8) is 0 Å². The first-order chi connectivity index (χ1) is 17.0. The molecule has 1 atom stereocenters. The summed E-state index contributed by atoms with van der Waals surface area (Å²) < 4.78 is 11.2. The normalized spacial score (nSPS) is 19.6. The number of nitrogens with zero attached hydrogens (tertiary/aromatic N) is 1. The number of carbonyl (C=O) groups is 2. The highest BCUT2D eigenvalue weighted by atomic mass is 16.5. The molecular weight excluding hydrogens is 442 g/mol. The van der Waals surface area contributed by atoms with Gasteiger partial charge in [-0.05, 0) is 74.9 Å². The zero-order chi connectivity index (χ0) is 24.7. The van der Waals surface area contributed by atoms with Crippen molar-refractivity contribution < 1.29 is 19.1 Å². The molecule has 2 N–H and O–H groups in total. The minimum Gasteiger partial charge on any atom is -0.494 e. The maximum absolute atomic E-state index is 13.2. The lowest BCUT2D eigenvalue weighted by molar-refractivity contribution is -0.126. The predicted molar refractivity (Wildman–Crippen MR) is 137 cm³/mol. The van der Waals surface area contributed by atoms with E-state index in [9.17, 15) is 9.59 Å². The molecule has 0 spiro atoms. The molecule has 2 aliphatic heterocycles. The number of carbonyl (C=O) groups excluding carboxylic acids is 2. The summed E-state index contributed by atoms with van der Waals surface area (Å²) in [5.41, 5.74) is 2.91. The molecule has 2 aromatic rings. The van der Waals surface area contributed by atoms with Gasteiger partial charge in [-0.2, -0.15) is 0 Å². The van der Waals surface area contributed by atoms with Crippen LogP contribution in [0.4, 0.5) is 10.5 Å². The Bertz CT molecular complexity index is 1000. The van der Waals surface area contributed by atoms with Crippen LogP contribution in [0.5, 0.6) is 5.75 Å². The van der Waals surface area contributed by atoms with Crippen LogP contribution in [0.3, 0.4) is 0 Å². The van der Waals surface area contributed by atoms with E-state index in [1.54, 1.807) is 4.90 Å². The van der Waals surface area contributed by atoms with Crippen molar-refractivity contribution in [1.29, 1.82) is 0 Å². The van der Waals surface area contributed by atoms with Crippen molar-refractivity contribution in [3.05, 3.63) is 59.7 Å². The fraction of sp³-hybridized carbons (Fsp3) is 0.500. The number of piperidine rings is 1. The quantitative estimate of drug-likeness (QED) is 0.613. The van der Waals surface area contributed by atoms with Crippen LogP contribution >= 0.6 is 0 Å². The fourth-order valence-electron chi connectivity index (χ4n) is 5.10. The summed E-state index contributed by atoms with van der Waals surface area (Å²) in [6.45, 7) is 7.62. The minimum absolute atomic E-state index is 0.0230. The van der Waals surface area contributed by atoms with Crippen LogP contribution in [0.15, 0.2) is 48.5 Å². The molecule has 4 rings (SSSR count). The molecule has 2 saturated heterocycles. The van der Waals surface area contributed by atoms with Gasteiger partial charge < -0.3 is 25.0 Å². The lowest BCUT2D eigenvalue weighted by Gasteiger charge is -2.39. The number of amides is 3. The van der Waals surface area contributed by atoms with Gasteiger partial charge in [-0.3, -0.25) is 4.79 Å². The number of benzene rings is 2. The number of hydrogen-bond donors (Lipinski definition) is 2. The Balaban J connectivity index is 1.37. The zero-order valence-electron chi connectivity index (χ0n) is 20.8. The largest absolute Gasteiger partial charge is 0.494 e. The van der Waals surface area contributed by atoms with Crippen LogP contribution in [0.2, 0.25) is 0 Å². The Morgan fingerprint density at radius 1 is 1.14 bits per heavy atom. The van der Waals surface area contributed by atoms with Gasteiger partial charge in [-0.1, -0.05) is 24.3 Å². The van der Waals surface area contributed by atoms with Crippen molar-refractivity contribution >= 4 is 17.6 Å². The number of likely N-dealkylation sites (tertiary alicyclic amines) is 1. The van der Waals surface area contributed by atoms with Crippen LogP contribution in [0.1, 0.15) is 43.7 Å². The first-order valence-corrected chi connectivity index (χ1v) is 12.7. The third kappa shape index (κ3) is 6.34. The third-order valence-electron chi connectivity index (χ3n) is 7.18. The number of hydrogen-bond acceptors (Lipinski definition) is 4. The molecule has 7 heteroatoms. The van der Waals surface area contributed by atoms with Gasteiger partial charge in [0.2, 0.25) is 5.91 Å². The highest BCUT2D eigenvalue weighted by Gasteiger charge is 2.36. The van der Waals surface area contributed by atoms with E-state index >= 15 is 0 Å². The van der Waals surface area contributed by atoms with E-state index in [0.717, 1.165) is 42.7 Å². The van der Waals surface area contributed by atoms with Gasteiger partial charge in [0, 0.05) is 44.0 Å². The topological polar surface area (TPSA) is 79.9 Å². The molecule has 0 bridgehead atoms. The summed E-state index contributed by atoms with van der Waals surface area (Å²) >= 11 is 0. The molecule has 0 aromatic heterocycles. The number of ether oxygens (including phenoxy) is 2. The van der Waals surface area contributed by atoms with Crippen molar-refractivity contribution in [2.24, 2.45) is 5.92 Å². The summed E-state index contributed by atoms with van der Waals surface area (Å²) in [6, 6.07) is 15.8. The van der Waals surface area contributed by atoms with E-state index in [1.165, 1.54) is 5.56 Å². The van der Waals surface area contributed by atoms with Crippen molar-refractivity contribution in [1.82, 2.24) is 10.2 Å². The fourth-order valence-corrected chi connectivity index (χ4v) is 5.10. The molecule has 0 saturated carbocycles. The molecule has 0 radical (unpaired) electrons. The van der Waals surface area contributed by atoms with Crippen LogP contribution in [0, 0.1) is 12.8 Å². The van der Waals surface area contributed by atoms with E-state index in [4.69, 9.17) is 9.47 Å². The first-order valence-electron chi connectivity index (χ1n) is 12.7. The van der Waals surface area contributed by atoms with Gasteiger partial charge in [0.15, 0.2) is 0 Å². The third-order valence-corrected chi connectivity index (χ3v) is 7.18. The molecule has 0 aliphatic carbocycles. The average Bonchev–Trinajstić information content (AvgIpc) is 2.88.